The molecule has 0 bridgehead atoms. The van der Waals surface area contributed by atoms with E-state index >= 15 is 0 Å². The Morgan fingerprint density at radius 2 is 2.22 bits per heavy atom. The summed E-state index contributed by atoms with van der Waals surface area (Å²) in [7, 11) is 0. The molecule has 1 aliphatic heterocycles. The summed E-state index contributed by atoms with van der Waals surface area (Å²) >= 11 is 0. The first-order valence-corrected chi connectivity index (χ1v) is 7.44. The van der Waals surface area contributed by atoms with Crippen molar-refractivity contribution in [1.82, 2.24) is 14.7 Å². The zero-order valence-electron chi connectivity index (χ0n) is 12.4. The number of hydrogen-bond donors (Lipinski definition) is 1. The number of benzene rings is 1. The number of likely N-dealkylation sites (tertiary alicyclic amines) is 1. The predicted molar refractivity (Wildman–Crippen MR) is 78.3 cm³/mol. The number of β-amino-alcohol motifs (C(OH)–C–C–N with tert-alkyl or cyclic N) is 1. The van der Waals surface area contributed by atoms with Gasteiger partial charge in [-0.2, -0.15) is 5.10 Å². The monoisotopic (exact) mass is 321 g/mol. The van der Waals surface area contributed by atoms with Crippen LogP contribution in [0.3, 0.4) is 0 Å². The zero-order valence-corrected chi connectivity index (χ0v) is 12.4. The van der Waals surface area contributed by atoms with Crippen LogP contribution >= 0.6 is 0 Å². The molecule has 1 N–H and O–H groups in total. The molecule has 0 unspecified atom stereocenters. The Balaban J connectivity index is 1.76. The van der Waals surface area contributed by atoms with Crippen LogP contribution in [0.2, 0.25) is 0 Å². The maximum atomic E-state index is 14.0. The van der Waals surface area contributed by atoms with Gasteiger partial charge in [-0.15, -0.1) is 0 Å². The van der Waals surface area contributed by atoms with Gasteiger partial charge in [-0.05, 0) is 30.7 Å². The van der Waals surface area contributed by atoms with Crippen LogP contribution < -0.4 is 0 Å². The molecule has 23 heavy (non-hydrogen) atoms. The summed E-state index contributed by atoms with van der Waals surface area (Å²) in [6.45, 7) is 0.523. The number of halogens is 2. The number of hydrogen-bond acceptors (Lipinski definition) is 3. The van der Waals surface area contributed by atoms with Crippen molar-refractivity contribution in [2.75, 3.05) is 6.54 Å². The molecule has 0 radical (unpaired) electrons. The minimum atomic E-state index is -0.740. The summed E-state index contributed by atoms with van der Waals surface area (Å²) in [4.78, 5) is 13.8. The number of nitrogens with zero attached hydrogens (tertiary/aromatic N) is 3. The van der Waals surface area contributed by atoms with Gasteiger partial charge in [0.05, 0.1) is 12.1 Å². The first-order chi connectivity index (χ1) is 11.0. The van der Waals surface area contributed by atoms with E-state index in [2.05, 4.69) is 5.10 Å². The molecule has 2 heterocycles. The van der Waals surface area contributed by atoms with Gasteiger partial charge in [-0.3, -0.25) is 9.48 Å². The van der Waals surface area contributed by atoms with E-state index in [0.29, 0.717) is 6.54 Å². The lowest BCUT2D eigenvalue weighted by molar-refractivity contribution is -0.132. The maximum Gasteiger partial charge on any atom is 0.225 e. The zero-order chi connectivity index (χ0) is 16.4. The van der Waals surface area contributed by atoms with E-state index in [-0.39, 0.29) is 30.9 Å². The molecule has 0 saturated carbocycles. The van der Waals surface area contributed by atoms with Gasteiger partial charge in [0.1, 0.15) is 11.6 Å². The molecule has 0 aliphatic carbocycles. The summed E-state index contributed by atoms with van der Waals surface area (Å²) in [6.07, 6.45) is 3.01. The number of carbonyl (C=O) groups excluding carboxylic acids is 1. The smallest absolute Gasteiger partial charge is 0.225 e. The Kier molecular flexibility index (Phi) is 4.38. The van der Waals surface area contributed by atoms with Crippen LogP contribution in [-0.4, -0.2) is 38.3 Å². The first-order valence-electron chi connectivity index (χ1n) is 7.44. The number of aliphatic hydroxyl groups is 1. The Morgan fingerprint density at radius 1 is 1.39 bits per heavy atom. The quantitative estimate of drug-likeness (QED) is 0.935. The number of aliphatic hydroxyl groups excluding tert-OH is 1. The first kappa shape index (κ1) is 15.6. The summed E-state index contributed by atoms with van der Waals surface area (Å²) < 4.78 is 29.0. The second-order valence-corrected chi connectivity index (χ2v) is 5.64. The van der Waals surface area contributed by atoms with Crippen molar-refractivity contribution in [3.8, 4) is 0 Å². The number of aromatic nitrogens is 2. The average Bonchev–Trinajstić information content (AvgIpc) is 3.16. The highest BCUT2D eigenvalue weighted by molar-refractivity contribution is 5.77. The fourth-order valence-electron chi connectivity index (χ4n) is 2.94. The molecule has 0 spiro atoms. The normalized spacial score (nSPS) is 20.9. The summed E-state index contributed by atoms with van der Waals surface area (Å²) in [5, 5.41) is 13.9. The van der Waals surface area contributed by atoms with E-state index in [1.165, 1.54) is 4.90 Å². The van der Waals surface area contributed by atoms with Crippen LogP contribution in [-0.2, 0) is 11.3 Å². The lowest BCUT2D eigenvalue weighted by atomic mass is 10.0. The lowest BCUT2D eigenvalue weighted by Crippen LogP contribution is -2.32. The van der Waals surface area contributed by atoms with E-state index in [4.69, 9.17) is 0 Å². The summed E-state index contributed by atoms with van der Waals surface area (Å²) in [6, 6.07) is 4.28. The largest absolute Gasteiger partial charge is 0.391 e. The van der Waals surface area contributed by atoms with Crippen LogP contribution in [0, 0.1) is 11.6 Å². The van der Waals surface area contributed by atoms with Gasteiger partial charge in [-0.1, -0.05) is 0 Å². The van der Waals surface area contributed by atoms with Crippen LogP contribution in [0.15, 0.2) is 36.7 Å². The van der Waals surface area contributed by atoms with E-state index < -0.39 is 23.8 Å². The number of rotatable bonds is 4. The molecule has 5 nitrogen and oxygen atoms in total. The third-order valence-electron chi connectivity index (χ3n) is 4.03. The minimum absolute atomic E-state index is 0.106. The number of aryl methyl sites for hydroxylation is 1. The highest BCUT2D eigenvalue weighted by atomic mass is 19.1. The van der Waals surface area contributed by atoms with Crippen LogP contribution in [0.4, 0.5) is 8.78 Å². The lowest BCUT2D eigenvalue weighted by Gasteiger charge is -2.25. The number of carbonyl (C=O) groups is 1. The van der Waals surface area contributed by atoms with E-state index in [0.717, 1.165) is 18.2 Å². The molecule has 2 aromatic rings. The fourth-order valence-corrected chi connectivity index (χ4v) is 2.94. The SMILES string of the molecule is O=C(CCn1cccn1)N1C[C@@H](O)C[C@H]1c1cc(F)ccc1F. The van der Waals surface area contributed by atoms with Crippen molar-refractivity contribution < 1.29 is 18.7 Å². The van der Waals surface area contributed by atoms with Crippen molar-refractivity contribution in [3.63, 3.8) is 0 Å². The molecule has 2 atom stereocenters. The Bertz CT molecular complexity index is 691. The highest BCUT2D eigenvalue weighted by Crippen LogP contribution is 2.34. The van der Waals surface area contributed by atoms with Crippen LogP contribution in [0.1, 0.15) is 24.4 Å². The van der Waals surface area contributed by atoms with Crippen molar-refractivity contribution in [2.24, 2.45) is 0 Å². The van der Waals surface area contributed by atoms with E-state index in [1.807, 2.05) is 0 Å². The van der Waals surface area contributed by atoms with E-state index in [1.54, 1.807) is 23.1 Å². The van der Waals surface area contributed by atoms with Crippen molar-refractivity contribution in [2.45, 2.75) is 31.5 Å². The summed E-state index contributed by atoms with van der Waals surface area (Å²) in [5.74, 6) is -1.35. The molecule has 7 heteroatoms. The molecular formula is C16H17F2N3O2. The van der Waals surface area contributed by atoms with E-state index in [9.17, 15) is 18.7 Å². The van der Waals surface area contributed by atoms with Gasteiger partial charge < -0.3 is 10.0 Å². The number of amides is 1. The van der Waals surface area contributed by atoms with Crippen LogP contribution in [0.5, 0.6) is 0 Å². The minimum Gasteiger partial charge on any atom is -0.391 e. The Hall–Kier alpha value is -2.28. The molecule has 1 aliphatic rings. The molecule has 122 valence electrons. The van der Waals surface area contributed by atoms with Crippen molar-refractivity contribution in [1.29, 1.82) is 0 Å². The van der Waals surface area contributed by atoms with Gasteiger partial charge in [0.15, 0.2) is 0 Å². The third-order valence-corrected chi connectivity index (χ3v) is 4.03. The van der Waals surface area contributed by atoms with Crippen molar-refractivity contribution in [3.05, 3.63) is 53.9 Å². The maximum absolute atomic E-state index is 14.0. The predicted octanol–water partition coefficient (Wildman–Crippen LogP) is 1.89. The van der Waals surface area contributed by atoms with Gasteiger partial charge in [0.25, 0.3) is 0 Å². The molecule has 1 aromatic heterocycles. The fraction of sp³-hybridized carbons (Fsp3) is 0.375. The average molecular weight is 321 g/mol. The third kappa shape index (κ3) is 3.39. The van der Waals surface area contributed by atoms with Crippen LogP contribution in [0.25, 0.3) is 0 Å². The molecule has 1 amide bonds. The topological polar surface area (TPSA) is 58.4 Å². The van der Waals surface area contributed by atoms with Gasteiger partial charge in [-0.25, -0.2) is 8.78 Å². The van der Waals surface area contributed by atoms with Gasteiger partial charge >= 0.3 is 0 Å². The Labute approximate surface area is 132 Å². The Morgan fingerprint density at radius 3 is 2.96 bits per heavy atom. The van der Waals surface area contributed by atoms with Crippen molar-refractivity contribution >= 4 is 5.91 Å². The molecule has 1 fully saturated rings. The van der Waals surface area contributed by atoms with Gasteiger partial charge in [0, 0.05) is 37.5 Å². The standard InChI is InChI=1S/C16H17F2N3O2/c17-11-2-3-14(18)13(8-11)15-9-12(22)10-21(15)16(23)4-7-20-6-1-5-19-20/h1-3,5-6,8,12,15,22H,4,7,9-10H2/t12-,15-/m0/s1. The molecule has 1 aromatic carbocycles. The second-order valence-electron chi connectivity index (χ2n) is 5.64. The second kappa shape index (κ2) is 6.45. The van der Waals surface area contributed by atoms with Gasteiger partial charge in [0.2, 0.25) is 5.91 Å². The summed E-state index contributed by atoms with van der Waals surface area (Å²) in [5.41, 5.74) is 0.106. The molecule has 1 saturated heterocycles. The molecule has 3 rings (SSSR count). The highest BCUT2D eigenvalue weighted by Gasteiger charge is 2.36. The molecular weight excluding hydrogens is 304 g/mol.